The minimum absolute atomic E-state index is 0.0699. The van der Waals surface area contributed by atoms with E-state index in [0.717, 1.165) is 22.2 Å². The molecule has 2 heterocycles. The van der Waals surface area contributed by atoms with Crippen molar-refractivity contribution in [2.24, 2.45) is 0 Å². The zero-order valence-corrected chi connectivity index (χ0v) is 18.2. The van der Waals surface area contributed by atoms with E-state index in [9.17, 15) is 9.59 Å². The van der Waals surface area contributed by atoms with Gasteiger partial charge in [-0.2, -0.15) is 0 Å². The van der Waals surface area contributed by atoms with Crippen LogP contribution in [0.1, 0.15) is 27.4 Å². The Hall–Kier alpha value is -3.77. The van der Waals surface area contributed by atoms with Crippen LogP contribution in [-0.2, 0) is 11.2 Å². The van der Waals surface area contributed by atoms with Gasteiger partial charge in [0.05, 0.1) is 16.8 Å². The maximum absolute atomic E-state index is 12.9. The Balaban J connectivity index is 1.48. The fraction of sp³-hybridized carbons (Fsp3) is 0.120. The fourth-order valence-electron chi connectivity index (χ4n) is 3.56. The largest absolute Gasteiger partial charge is 0.465 e. The molecule has 0 saturated heterocycles. The number of carbonyl (C=O) groups is 2. The number of H-pyrrole nitrogens is 1. The highest BCUT2D eigenvalue weighted by atomic mass is 35.5. The summed E-state index contributed by atoms with van der Waals surface area (Å²) in [6.45, 7) is 2.42. The molecule has 3 N–H and O–H groups in total. The number of amides is 2. The number of carbonyl (C=O) groups excluding carboxylic acids is 2. The first-order chi connectivity index (χ1) is 15.5. The molecule has 7 heteroatoms. The molecular weight excluding hydrogens is 426 g/mol. The Morgan fingerprint density at radius 3 is 2.62 bits per heavy atom. The van der Waals surface area contributed by atoms with E-state index in [-0.39, 0.29) is 11.3 Å². The summed E-state index contributed by atoms with van der Waals surface area (Å²) < 4.78 is 5.31. The van der Waals surface area contributed by atoms with Crippen LogP contribution in [0.25, 0.3) is 17.0 Å². The minimum Gasteiger partial charge on any atom is -0.465 e. The molecule has 32 heavy (non-hydrogen) atoms. The Morgan fingerprint density at radius 1 is 1.06 bits per heavy atom. The number of hydrogen-bond acceptors (Lipinski definition) is 3. The lowest BCUT2D eigenvalue weighted by Gasteiger charge is -2.11. The molecule has 0 aliphatic rings. The fourth-order valence-corrected chi connectivity index (χ4v) is 3.78. The first-order valence-electron chi connectivity index (χ1n) is 10.2. The smallest absolute Gasteiger partial charge is 0.267 e. The molecule has 0 bridgehead atoms. The number of para-hydroxylation sites is 1. The predicted octanol–water partition coefficient (Wildman–Crippen LogP) is 4.85. The van der Waals surface area contributed by atoms with E-state index in [1.165, 1.54) is 12.3 Å². The lowest BCUT2D eigenvalue weighted by molar-refractivity contribution is -0.117. The number of aromatic nitrogens is 1. The van der Waals surface area contributed by atoms with Crippen LogP contribution < -0.4 is 10.6 Å². The maximum atomic E-state index is 12.9. The van der Waals surface area contributed by atoms with Crippen LogP contribution in [0.15, 0.2) is 77.0 Å². The molecule has 0 aliphatic heterocycles. The van der Waals surface area contributed by atoms with E-state index in [2.05, 4.69) is 21.7 Å². The van der Waals surface area contributed by atoms with E-state index >= 15 is 0 Å². The van der Waals surface area contributed by atoms with Gasteiger partial charge in [0.15, 0.2) is 0 Å². The third-order valence-electron chi connectivity index (χ3n) is 5.13. The third-order valence-corrected chi connectivity index (χ3v) is 5.46. The number of fused-ring (bicyclic) bond motifs is 1. The first-order valence-corrected chi connectivity index (χ1v) is 10.6. The Labute approximate surface area is 190 Å². The van der Waals surface area contributed by atoms with Crippen LogP contribution in [0.4, 0.5) is 0 Å². The molecule has 2 aromatic heterocycles. The number of aryl methyl sites for hydroxylation is 1. The van der Waals surface area contributed by atoms with Gasteiger partial charge in [0, 0.05) is 29.2 Å². The molecule has 0 saturated carbocycles. The summed E-state index contributed by atoms with van der Waals surface area (Å²) in [5, 5.41) is 6.98. The van der Waals surface area contributed by atoms with E-state index in [1.807, 2.05) is 25.1 Å². The topological polar surface area (TPSA) is 87.1 Å². The summed E-state index contributed by atoms with van der Waals surface area (Å²) in [7, 11) is 0. The molecule has 0 unspecified atom stereocenters. The second-order valence-corrected chi connectivity index (χ2v) is 7.69. The van der Waals surface area contributed by atoms with Crippen LogP contribution >= 0.6 is 11.6 Å². The highest BCUT2D eigenvalue weighted by molar-refractivity contribution is 6.34. The number of furan rings is 1. The standard InChI is InChI=1S/C25H22ClN3O3/c1-16-18(19-8-3-5-11-22(19)28-16)12-13-27-25(31)23(15-17-7-6-14-32-17)29-24(30)20-9-2-4-10-21(20)26/h2-11,14-15,28H,12-13H2,1H3,(H,27,31)(H,29,30)/b23-15-. The van der Waals surface area contributed by atoms with Crippen LogP contribution in [0, 0.1) is 6.92 Å². The Morgan fingerprint density at radius 2 is 1.84 bits per heavy atom. The lowest BCUT2D eigenvalue weighted by Crippen LogP contribution is -2.35. The number of halogens is 1. The van der Waals surface area contributed by atoms with Gasteiger partial charge in [-0.15, -0.1) is 0 Å². The quantitative estimate of drug-likeness (QED) is 0.354. The van der Waals surface area contributed by atoms with Gasteiger partial charge in [0.1, 0.15) is 11.5 Å². The van der Waals surface area contributed by atoms with Gasteiger partial charge in [-0.25, -0.2) is 0 Å². The summed E-state index contributed by atoms with van der Waals surface area (Å²) >= 11 is 6.13. The van der Waals surface area contributed by atoms with E-state index < -0.39 is 11.8 Å². The predicted molar refractivity (Wildman–Crippen MR) is 125 cm³/mol. The van der Waals surface area contributed by atoms with Crippen LogP contribution in [0.3, 0.4) is 0 Å². The monoisotopic (exact) mass is 447 g/mol. The highest BCUT2D eigenvalue weighted by Gasteiger charge is 2.17. The number of hydrogen-bond donors (Lipinski definition) is 3. The molecule has 6 nitrogen and oxygen atoms in total. The van der Waals surface area contributed by atoms with Gasteiger partial charge in [0.25, 0.3) is 11.8 Å². The molecule has 0 spiro atoms. The van der Waals surface area contributed by atoms with Crippen molar-refractivity contribution in [2.45, 2.75) is 13.3 Å². The molecule has 4 aromatic rings. The van der Waals surface area contributed by atoms with E-state index in [1.54, 1.807) is 36.4 Å². The Kier molecular flexibility index (Phi) is 6.42. The van der Waals surface area contributed by atoms with Crippen molar-refractivity contribution in [3.63, 3.8) is 0 Å². The third kappa shape index (κ3) is 4.76. The second kappa shape index (κ2) is 9.58. The van der Waals surface area contributed by atoms with Crippen molar-refractivity contribution >= 4 is 40.4 Å². The molecule has 162 valence electrons. The minimum atomic E-state index is -0.476. The molecule has 2 aromatic carbocycles. The zero-order valence-electron chi connectivity index (χ0n) is 17.4. The van der Waals surface area contributed by atoms with Crippen molar-refractivity contribution in [1.82, 2.24) is 15.6 Å². The van der Waals surface area contributed by atoms with Gasteiger partial charge in [-0.1, -0.05) is 41.9 Å². The van der Waals surface area contributed by atoms with Gasteiger partial charge in [-0.05, 0) is 49.2 Å². The number of nitrogens with one attached hydrogen (secondary N) is 3. The van der Waals surface area contributed by atoms with Crippen molar-refractivity contribution < 1.29 is 14.0 Å². The summed E-state index contributed by atoms with van der Waals surface area (Å²) in [5.41, 5.74) is 3.63. The first kappa shape index (κ1) is 21.5. The highest BCUT2D eigenvalue weighted by Crippen LogP contribution is 2.22. The van der Waals surface area contributed by atoms with E-state index in [0.29, 0.717) is 23.7 Å². The SMILES string of the molecule is Cc1[nH]c2ccccc2c1CCNC(=O)/C(=C/c1ccco1)NC(=O)c1ccccc1Cl. The molecule has 4 rings (SSSR count). The van der Waals surface area contributed by atoms with Gasteiger partial charge in [-0.3, -0.25) is 9.59 Å². The second-order valence-electron chi connectivity index (χ2n) is 7.29. The van der Waals surface area contributed by atoms with E-state index in [4.69, 9.17) is 16.0 Å². The van der Waals surface area contributed by atoms with Crippen molar-refractivity contribution in [2.75, 3.05) is 6.54 Å². The molecule has 2 amide bonds. The zero-order chi connectivity index (χ0) is 22.5. The number of aromatic amines is 1. The van der Waals surface area contributed by atoms with Crippen LogP contribution in [-0.4, -0.2) is 23.3 Å². The van der Waals surface area contributed by atoms with Crippen molar-refractivity contribution in [1.29, 1.82) is 0 Å². The maximum Gasteiger partial charge on any atom is 0.267 e. The summed E-state index contributed by atoms with van der Waals surface area (Å²) in [6.07, 6.45) is 3.63. The number of benzene rings is 2. The molecule has 0 radical (unpaired) electrons. The lowest BCUT2D eigenvalue weighted by atomic mass is 10.1. The van der Waals surface area contributed by atoms with Gasteiger partial charge >= 0.3 is 0 Å². The summed E-state index contributed by atoms with van der Waals surface area (Å²) in [4.78, 5) is 29.0. The summed E-state index contributed by atoms with van der Waals surface area (Å²) in [6, 6.07) is 18.1. The normalized spacial score (nSPS) is 11.5. The average Bonchev–Trinajstić information content (AvgIpc) is 3.41. The average molecular weight is 448 g/mol. The molecular formula is C25H22ClN3O3. The Bertz CT molecular complexity index is 1290. The summed E-state index contributed by atoms with van der Waals surface area (Å²) in [5.74, 6) is -0.447. The number of rotatable bonds is 7. The van der Waals surface area contributed by atoms with Gasteiger partial charge < -0.3 is 20.0 Å². The van der Waals surface area contributed by atoms with Crippen molar-refractivity contribution in [3.05, 3.63) is 100 Å². The van der Waals surface area contributed by atoms with Crippen molar-refractivity contribution in [3.8, 4) is 0 Å². The van der Waals surface area contributed by atoms with Gasteiger partial charge in [0.2, 0.25) is 0 Å². The molecule has 0 aliphatic carbocycles. The molecule has 0 fully saturated rings. The molecule has 0 atom stereocenters. The van der Waals surface area contributed by atoms with Crippen LogP contribution in [0.2, 0.25) is 5.02 Å². The van der Waals surface area contributed by atoms with Crippen LogP contribution in [0.5, 0.6) is 0 Å².